The van der Waals surface area contributed by atoms with E-state index in [9.17, 15) is 9.59 Å². The summed E-state index contributed by atoms with van der Waals surface area (Å²) in [6.07, 6.45) is 0.592. The number of amides is 2. The summed E-state index contributed by atoms with van der Waals surface area (Å²) in [4.78, 5) is 27.9. The fourth-order valence-corrected chi connectivity index (χ4v) is 3.72. The summed E-state index contributed by atoms with van der Waals surface area (Å²) in [5, 5.41) is 5.59. The predicted octanol–water partition coefficient (Wildman–Crippen LogP) is 3.94. The van der Waals surface area contributed by atoms with Gasteiger partial charge in [-0.2, -0.15) is 0 Å². The number of halogens is 1. The van der Waals surface area contributed by atoms with Crippen molar-refractivity contribution in [2.45, 2.75) is 13.3 Å². The first-order valence-electron chi connectivity index (χ1n) is 8.19. The molecule has 1 aliphatic heterocycles. The highest BCUT2D eigenvalue weighted by Crippen LogP contribution is 2.34. The van der Waals surface area contributed by atoms with Crippen LogP contribution in [0.4, 0.5) is 5.69 Å². The highest BCUT2D eigenvalue weighted by atomic mass is 35.5. The maximum absolute atomic E-state index is 12.9. The lowest BCUT2D eigenvalue weighted by atomic mass is 10.1. The second-order valence-corrected chi connectivity index (χ2v) is 7.30. The summed E-state index contributed by atoms with van der Waals surface area (Å²) in [6.45, 7) is 2.73. The molecule has 0 fully saturated rings. The van der Waals surface area contributed by atoms with Crippen LogP contribution in [0.2, 0.25) is 5.02 Å². The molecule has 2 heterocycles. The van der Waals surface area contributed by atoms with Crippen molar-refractivity contribution in [3.05, 3.63) is 56.9 Å². The standard InChI is InChI=1S/C19H19ClN2O3S/c1-12-6-7-13(20)11-14(12)21-17-16(15-5-3-10-26-15)18(23)22(19(17)24)8-4-9-25-2/h3,5-7,10-11,21H,4,8-9H2,1-2H3. The van der Waals surface area contributed by atoms with E-state index in [-0.39, 0.29) is 11.8 Å². The summed E-state index contributed by atoms with van der Waals surface area (Å²) < 4.78 is 5.03. The Kier molecular flexibility index (Phi) is 5.76. The Morgan fingerprint density at radius 2 is 2.04 bits per heavy atom. The number of nitrogens with one attached hydrogen (secondary N) is 1. The number of carbonyl (C=O) groups excluding carboxylic acids is 2. The summed E-state index contributed by atoms with van der Waals surface area (Å²) in [7, 11) is 1.60. The predicted molar refractivity (Wildman–Crippen MR) is 104 cm³/mol. The molecule has 7 heteroatoms. The van der Waals surface area contributed by atoms with Gasteiger partial charge in [-0.1, -0.05) is 23.7 Å². The van der Waals surface area contributed by atoms with E-state index in [2.05, 4.69) is 5.32 Å². The Morgan fingerprint density at radius 1 is 1.23 bits per heavy atom. The van der Waals surface area contributed by atoms with Crippen molar-refractivity contribution >= 4 is 46.0 Å². The Balaban J connectivity index is 1.98. The van der Waals surface area contributed by atoms with Crippen LogP contribution >= 0.6 is 22.9 Å². The van der Waals surface area contributed by atoms with Gasteiger partial charge in [-0.15, -0.1) is 11.3 Å². The van der Waals surface area contributed by atoms with Crippen molar-refractivity contribution in [2.24, 2.45) is 0 Å². The first kappa shape index (κ1) is 18.6. The molecule has 1 N–H and O–H groups in total. The van der Waals surface area contributed by atoms with Gasteiger partial charge in [-0.05, 0) is 42.5 Å². The Morgan fingerprint density at radius 3 is 2.73 bits per heavy atom. The molecule has 3 rings (SSSR count). The molecule has 0 atom stereocenters. The monoisotopic (exact) mass is 390 g/mol. The van der Waals surface area contributed by atoms with Crippen LogP contribution in [0.25, 0.3) is 5.57 Å². The van der Waals surface area contributed by atoms with Crippen LogP contribution in [0.1, 0.15) is 16.9 Å². The molecule has 0 spiro atoms. The molecule has 1 aromatic carbocycles. The van der Waals surface area contributed by atoms with Crippen LogP contribution in [-0.2, 0) is 14.3 Å². The number of aryl methyl sites for hydroxylation is 1. The molecule has 0 unspecified atom stereocenters. The van der Waals surface area contributed by atoms with E-state index in [4.69, 9.17) is 16.3 Å². The summed E-state index contributed by atoms with van der Waals surface area (Å²) >= 11 is 7.52. The van der Waals surface area contributed by atoms with Gasteiger partial charge in [0.25, 0.3) is 11.8 Å². The van der Waals surface area contributed by atoms with Gasteiger partial charge in [0.1, 0.15) is 5.70 Å². The highest BCUT2D eigenvalue weighted by Gasteiger charge is 2.39. The highest BCUT2D eigenvalue weighted by molar-refractivity contribution is 7.11. The number of imide groups is 1. The lowest BCUT2D eigenvalue weighted by molar-refractivity contribution is -0.136. The van der Waals surface area contributed by atoms with Gasteiger partial charge < -0.3 is 10.1 Å². The molecule has 26 heavy (non-hydrogen) atoms. The second kappa shape index (κ2) is 8.03. The smallest absolute Gasteiger partial charge is 0.278 e. The molecule has 0 saturated heterocycles. The topological polar surface area (TPSA) is 58.6 Å². The van der Waals surface area contributed by atoms with Crippen molar-refractivity contribution < 1.29 is 14.3 Å². The van der Waals surface area contributed by atoms with E-state index >= 15 is 0 Å². The van der Waals surface area contributed by atoms with Crippen LogP contribution in [0.5, 0.6) is 0 Å². The van der Waals surface area contributed by atoms with E-state index in [1.54, 1.807) is 19.2 Å². The number of benzene rings is 1. The molecular weight excluding hydrogens is 372 g/mol. The molecule has 1 aliphatic rings. The number of nitrogens with zero attached hydrogens (tertiary/aromatic N) is 1. The minimum Gasteiger partial charge on any atom is -0.385 e. The van der Waals surface area contributed by atoms with Crippen molar-refractivity contribution in [1.29, 1.82) is 0 Å². The molecule has 0 aliphatic carbocycles. The Bertz CT molecular complexity index is 862. The van der Waals surface area contributed by atoms with Crippen LogP contribution < -0.4 is 5.32 Å². The normalized spacial score (nSPS) is 14.5. The van der Waals surface area contributed by atoms with Gasteiger partial charge >= 0.3 is 0 Å². The maximum atomic E-state index is 12.9. The number of rotatable bonds is 7. The molecular formula is C19H19ClN2O3S. The van der Waals surface area contributed by atoms with Crippen LogP contribution in [0.15, 0.2) is 41.4 Å². The molecule has 0 saturated carbocycles. The SMILES string of the molecule is COCCCN1C(=O)C(Nc2cc(Cl)ccc2C)=C(c2cccs2)C1=O. The summed E-state index contributed by atoms with van der Waals surface area (Å²) in [5.74, 6) is -0.607. The minimum absolute atomic E-state index is 0.282. The molecule has 1 aromatic heterocycles. The fourth-order valence-electron chi connectivity index (χ4n) is 2.78. The second-order valence-electron chi connectivity index (χ2n) is 5.92. The van der Waals surface area contributed by atoms with E-state index in [0.717, 1.165) is 10.4 Å². The number of methoxy groups -OCH3 is 1. The van der Waals surface area contributed by atoms with E-state index in [0.29, 0.717) is 41.6 Å². The Hall–Kier alpha value is -2.15. The first-order valence-corrected chi connectivity index (χ1v) is 9.45. The average Bonchev–Trinajstić information content (AvgIpc) is 3.21. The number of hydrogen-bond donors (Lipinski definition) is 1. The average molecular weight is 391 g/mol. The third kappa shape index (κ3) is 3.67. The number of anilines is 1. The van der Waals surface area contributed by atoms with Crippen LogP contribution in [0, 0.1) is 6.92 Å². The van der Waals surface area contributed by atoms with Gasteiger partial charge in [-0.25, -0.2) is 0 Å². The molecule has 0 bridgehead atoms. The molecule has 136 valence electrons. The zero-order valence-electron chi connectivity index (χ0n) is 14.5. The third-order valence-corrected chi connectivity index (χ3v) is 5.25. The van der Waals surface area contributed by atoms with E-state index < -0.39 is 0 Å². The quantitative estimate of drug-likeness (QED) is 0.574. The fraction of sp³-hybridized carbons (Fsp3) is 0.263. The number of thiophene rings is 1. The van der Waals surface area contributed by atoms with Crippen molar-refractivity contribution in [3.63, 3.8) is 0 Å². The van der Waals surface area contributed by atoms with E-state index in [1.165, 1.54) is 16.2 Å². The largest absolute Gasteiger partial charge is 0.385 e. The zero-order valence-corrected chi connectivity index (χ0v) is 16.1. The summed E-state index contributed by atoms with van der Waals surface area (Å²) in [6, 6.07) is 9.11. The lowest BCUT2D eigenvalue weighted by Gasteiger charge is -2.15. The number of carbonyl (C=O) groups is 2. The maximum Gasteiger partial charge on any atom is 0.278 e. The third-order valence-electron chi connectivity index (χ3n) is 4.13. The molecule has 5 nitrogen and oxygen atoms in total. The zero-order chi connectivity index (χ0) is 18.7. The minimum atomic E-state index is -0.325. The lowest BCUT2D eigenvalue weighted by Crippen LogP contribution is -2.33. The van der Waals surface area contributed by atoms with Crippen LogP contribution in [0.3, 0.4) is 0 Å². The summed E-state index contributed by atoms with van der Waals surface area (Å²) in [5.41, 5.74) is 2.34. The van der Waals surface area contributed by atoms with Gasteiger partial charge in [0.15, 0.2) is 0 Å². The van der Waals surface area contributed by atoms with Crippen molar-refractivity contribution in [2.75, 3.05) is 25.6 Å². The molecule has 0 radical (unpaired) electrons. The van der Waals surface area contributed by atoms with Crippen LogP contribution in [-0.4, -0.2) is 37.0 Å². The van der Waals surface area contributed by atoms with Gasteiger partial charge in [0.05, 0.1) is 5.57 Å². The molecule has 2 aromatic rings. The Labute approximate surface area is 161 Å². The number of hydrogen-bond acceptors (Lipinski definition) is 5. The van der Waals surface area contributed by atoms with Crippen molar-refractivity contribution in [3.8, 4) is 0 Å². The van der Waals surface area contributed by atoms with E-state index in [1.807, 2.05) is 30.5 Å². The van der Waals surface area contributed by atoms with Gasteiger partial charge in [0, 0.05) is 35.8 Å². The van der Waals surface area contributed by atoms with Gasteiger partial charge in [0.2, 0.25) is 0 Å². The van der Waals surface area contributed by atoms with Gasteiger partial charge in [-0.3, -0.25) is 14.5 Å². The van der Waals surface area contributed by atoms with Crippen molar-refractivity contribution in [1.82, 2.24) is 4.90 Å². The number of ether oxygens (including phenoxy) is 1. The molecule has 2 amide bonds. The first-order chi connectivity index (χ1) is 12.5.